The zero-order valence-electron chi connectivity index (χ0n) is 6.06. The first-order valence-electron chi connectivity index (χ1n) is 3.12. The van der Waals surface area contributed by atoms with Crippen LogP contribution in [0.2, 0.25) is 0 Å². The quantitative estimate of drug-likeness (QED) is 0.543. The molecule has 2 atom stereocenters. The van der Waals surface area contributed by atoms with Crippen LogP contribution < -0.4 is 0 Å². The molecule has 11 heavy (non-hydrogen) atoms. The predicted octanol–water partition coefficient (Wildman–Crippen LogP) is -1.57. The second-order valence-electron chi connectivity index (χ2n) is 1.85. The van der Waals surface area contributed by atoms with Crippen LogP contribution in [0.15, 0.2) is 0 Å². The van der Waals surface area contributed by atoms with E-state index in [1.54, 1.807) is 0 Å². The van der Waals surface area contributed by atoms with Crippen LogP contribution in [0.5, 0.6) is 0 Å². The fraction of sp³-hybridized carbons (Fsp3) is 1.00. The van der Waals surface area contributed by atoms with E-state index < -0.39 is 21.6 Å². The summed E-state index contributed by atoms with van der Waals surface area (Å²) < 4.78 is 21.6. The molecule has 0 unspecified atom stereocenters. The minimum Gasteiger partial charge on any atom is -0.395 e. The molecule has 0 amide bonds. The van der Waals surface area contributed by atoms with Gasteiger partial charge in [-0.25, -0.2) is 0 Å². The van der Waals surface area contributed by atoms with Gasteiger partial charge < -0.3 is 10.2 Å². The Kier molecular flexibility index (Phi) is 7.04. The molecule has 4 nitrogen and oxygen atoms in total. The lowest BCUT2D eigenvalue weighted by atomic mass is 10.9. The van der Waals surface area contributed by atoms with Gasteiger partial charge in [-0.3, -0.25) is 8.42 Å². The Morgan fingerprint density at radius 2 is 1.27 bits per heavy atom. The molecule has 0 aliphatic heterocycles. The number of hydrogen-bond donors (Lipinski definition) is 2. The molecule has 2 N–H and O–H groups in total. The van der Waals surface area contributed by atoms with Crippen molar-refractivity contribution in [2.24, 2.45) is 0 Å². The summed E-state index contributed by atoms with van der Waals surface area (Å²) in [5.74, 6) is 0.328. The van der Waals surface area contributed by atoms with Crippen molar-refractivity contribution in [3.05, 3.63) is 0 Å². The molecule has 0 fully saturated rings. The summed E-state index contributed by atoms with van der Waals surface area (Å²) >= 11 is 0. The Hall–Kier alpha value is 0.220. The first-order valence-corrected chi connectivity index (χ1v) is 6.10. The molecule has 0 aromatic rings. The van der Waals surface area contributed by atoms with Crippen molar-refractivity contribution in [2.75, 3.05) is 29.8 Å². The summed E-state index contributed by atoms with van der Waals surface area (Å²) in [7, 11) is -2.43. The van der Waals surface area contributed by atoms with Crippen LogP contribution in [-0.4, -0.2) is 48.4 Å². The van der Waals surface area contributed by atoms with Gasteiger partial charge in [-0.05, 0) is 0 Å². The van der Waals surface area contributed by atoms with Crippen LogP contribution in [0, 0.1) is 0 Å². The van der Waals surface area contributed by atoms with Crippen molar-refractivity contribution in [1.29, 1.82) is 0 Å². The molecule has 0 bridgehead atoms. The van der Waals surface area contributed by atoms with Gasteiger partial charge >= 0.3 is 0 Å². The fourth-order valence-electron chi connectivity index (χ4n) is 0.468. The summed E-state index contributed by atoms with van der Waals surface area (Å²) in [4.78, 5) is 0. The Bertz CT molecular complexity index is 131. The summed E-state index contributed by atoms with van der Waals surface area (Å²) in [6, 6.07) is 0. The number of aliphatic hydroxyl groups excluding tert-OH is 2. The van der Waals surface area contributed by atoms with E-state index in [9.17, 15) is 8.42 Å². The van der Waals surface area contributed by atoms with Crippen LogP contribution in [0.25, 0.3) is 0 Å². The van der Waals surface area contributed by atoms with E-state index >= 15 is 0 Å². The van der Waals surface area contributed by atoms with Crippen LogP contribution in [0.1, 0.15) is 0 Å². The molecule has 68 valence electrons. The van der Waals surface area contributed by atoms with Crippen molar-refractivity contribution in [2.45, 2.75) is 0 Å². The monoisotopic (exact) mass is 200 g/mol. The molecule has 0 aromatic carbocycles. The summed E-state index contributed by atoms with van der Waals surface area (Å²) in [5, 5.41) is 16.7. The molecule has 0 aliphatic rings. The van der Waals surface area contributed by atoms with E-state index in [1.807, 2.05) is 0 Å². The number of aliphatic hydroxyl groups is 2. The fourth-order valence-corrected chi connectivity index (χ4v) is 2.99. The first-order chi connectivity index (χ1) is 5.20. The van der Waals surface area contributed by atoms with E-state index in [-0.39, 0.29) is 29.8 Å². The van der Waals surface area contributed by atoms with Gasteiger partial charge in [-0.1, -0.05) is 0 Å². The molecular weight excluding hydrogens is 188 g/mol. The lowest BCUT2D eigenvalue weighted by molar-refractivity contribution is 0.321. The van der Waals surface area contributed by atoms with E-state index in [0.29, 0.717) is 0 Å². The minimum absolute atomic E-state index is 0.0567. The summed E-state index contributed by atoms with van der Waals surface area (Å²) in [6.45, 7) is -0.300. The highest BCUT2D eigenvalue weighted by Gasteiger charge is 2.04. The highest BCUT2D eigenvalue weighted by atomic mass is 32.2. The lowest BCUT2D eigenvalue weighted by Gasteiger charge is -1.98. The van der Waals surface area contributed by atoms with Gasteiger partial charge in [0.15, 0.2) is 0 Å². The zero-order chi connectivity index (χ0) is 8.69. The zero-order valence-corrected chi connectivity index (χ0v) is 7.70. The molecule has 0 saturated heterocycles. The van der Waals surface area contributed by atoms with E-state index in [0.717, 1.165) is 0 Å². The predicted molar refractivity (Wildman–Crippen MR) is 45.1 cm³/mol. The maximum atomic E-state index is 10.8. The van der Waals surface area contributed by atoms with Gasteiger partial charge in [0.1, 0.15) is 0 Å². The summed E-state index contributed by atoms with van der Waals surface area (Å²) in [5.41, 5.74) is 0. The Balaban J connectivity index is 3.49. The van der Waals surface area contributed by atoms with E-state index in [1.165, 1.54) is 0 Å². The molecule has 0 heterocycles. The lowest BCUT2D eigenvalue weighted by Crippen LogP contribution is -2.14. The van der Waals surface area contributed by atoms with Gasteiger partial charge in [0.05, 0.1) is 18.3 Å². The van der Waals surface area contributed by atoms with Gasteiger partial charge in [0.25, 0.3) is 0 Å². The molecule has 0 radical (unpaired) electrons. The normalized spacial score (nSPS) is 16.2. The second-order valence-corrected chi connectivity index (χ2v) is 5.37. The van der Waals surface area contributed by atoms with Gasteiger partial charge in [-0.15, -0.1) is 0 Å². The molecule has 6 heteroatoms. The molecule has 0 aliphatic carbocycles. The van der Waals surface area contributed by atoms with E-state index in [2.05, 4.69) is 0 Å². The van der Waals surface area contributed by atoms with Gasteiger partial charge in [0, 0.05) is 33.1 Å². The molecule has 0 aromatic heterocycles. The molecule has 0 saturated carbocycles. The SMILES string of the molecule is O=[S@@](CCO)C[S@@](=O)CCO. The molecule has 0 rings (SSSR count). The third-order valence-electron chi connectivity index (χ3n) is 0.901. The van der Waals surface area contributed by atoms with Crippen molar-refractivity contribution in [1.82, 2.24) is 0 Å². The summed E-state index contributed by atoms with van der Waals surface area (Å²) in [6.07, 6.45) is 0. The third-order valence-corrected chi connectivity index (χ3v) is 4.28. The average molecular weight is 200 g/mol. The van der Waals surface area contributed by atoms with Crippen molar-refractivity contribution < 1.29 is 18.6 Å². The molecule has 0 spiro atoms. The Morgan fingerprint density at radius 3 is 1.55 bits per heavy atom. The second kappa shape index (κ2) is 6.90. The smallest absolute Gasteiger partial charge is 0.0993 e. The highest BCUT2D eigenvalue weighted by molar-refractivity contribution is 8.01. The van der Waals surface area contributed by atoms with Crippen LogP contribution in [0.4, 0.5) is 0 Å². The molecular formula is C5H12O4S2. The van der Waals surface area contributed by atoms with Crippen molar-refractivity contribution in [3.8, 4) is 0 Å². The van der Waals surface area contributed by atoms with Crippen LogP contribution in [-0.2, 0) is 21.6 Å². The Labute approximate surface area is 70.5 Å². The third kappa shape index (κ3) is 6.61. The van der Waals surface area contributed by atoms with Gasteiger partial charge in [-0.2, -0.15) is 0 Å². The van der Waals surface area contributed by atoms with Gasteiger partial charge in [0.2, 0.25) is 0 Å². The number of hydrogen-bond acceptors (Lipinski definition) is 4. The maximum absolute atomic E-state index is 10.8. The number of rotatable bonds is 6. The minimum atomic E-state index is -1.21. The maximum Gasteiger partial charge on any atom is 0.0993 e. The Morgan fingerprint density at radius 1 is 0.909 bits per heavy atom. The average Bonchev–Trinajstić information content (AvgIpc) is 1.87. The van der Waals surface area contributed by atoms with Crippen LogP contribution >= 0.6 is 0 Å². The largest absolute Gasteiger partial charge is 0.395 e. The van der Waals surface area contributed by atoms with Crippen molar-refractivity contribution in [3.63, 3.8) is 0 Å². The standard InChI is InChI=1S/C5H12O4S2/c6-1-3-10(8)5-11(9)4-2-7/h6-7H,1-5H2/t10-,11-/m0/s1. The van der Waals surface area contributed by atoms with Crippen molar-refractivity contribution >= 4 is 21.6 Å². The van der Waals surface area contributed by atoms with E-state index in [4.69, 9.17) is 10.2 Å². The van der Waals surface area contributed by atoms with Crippen LogP contribution in [0.3, 0.4) is 0 Å². The highest BCUT2D eigenvalue weighted by Crippen LogP contribution is 1.88. The first kappa shape index (κ1) is 11.2. The topological polar surface area (TPSA) is 74.6 Å².